The number of carbonyl (C=O) groups is 1. The first-order valence-electron chi connectivity index (χ1n) is 10.1. The molecule has 0 unspecified atom stereocenters. The van der Waals surface area contributed by atoms with Crippen molar-refractivity contribution in [2.45, 2.75) is 19.6 Å². The Bertz CT molecular complexity index is 1050. The summed E-state index contributed by atoms with van der Waals surface area (Å²) in [6, 6.07) is 11.1. The van der Waals surface area contributed by atoms with E-state index in [-0.39, 0.29) is 0 Å². The van der Waals surface area contributed by atoms with Crippen LogP contribution < -0.4 is 11.1 Å². The lowest BCUT2D eigenvalue weighted by molar-refractivity contribution is 0.0331. The molecule has 4 rings (SSSR count). The first kappa shape index (κ1) is 21.4. The molecule has 1 aromatic carbocycles. The van der Waals surface area contributed by atoms with E-state index in [1.54, 1.807) is 25.3 Å². The molecule has 0 bridgehead atoms. The predicted molar refractivity (Wildman–Crippen MR) is 120 cm³/mol. The van der Waals surface area contributed by atoms with Crippen molar-refractivity contribution in [1.82, 2.24) is 14.9 Å². The smallest absolute Gasteiger partial charge is 0.251 e. The maximum Gasteiger partial charge on any atom is 0.251 e. The van der Waals surface area contributed by atoms with E-state index in [0.717, 1.165) is 42.3 Å². The molecule has 0 radical (unpaired) electrons. The average molecular weight is 440 g/mol. The summed E-state index contributed by atoms with van der Waals surface area (Å²) < 4.78 is 5.38. The van der Waals surface area contributed by atoms with Gasteiger partial charge in [0.15, 0.2) is 0 Å². The van der Waals surface area contributed by atoms with E-state index < -0.39 is 12.0 Å². The number of ether oxygens (including phenoxy) is 1. The van der Waals surface area contributed by atoms with E-state index in [1.807, 2.05) is 24.3 Å². The molecule has 1 saturated heterocycles. The molecule has 8 nitrogen and oxygen atoms in total. The summed E-state index contributed by atoms with van der Waals surface area (Å²) >= 11 is 1.43. The maximum absolute atomic E-state index is 12.0. The lowest BCUT2D eigenvalue weighted by Crippen LogP contribution is -2.36. The Morgan fingerprint density at radius 3 is 2.71 bits per heavy atom. The SMILES string of the molecule is C[C@@H](O)c1ccc(-c2cc(C(N)=O)c(Nc3ccnc(CN4CCOCC4)n3)s2)cc1. The number of benzene rings is 1. The number of hydrogen-bond acceptors (Lipinski definition) is 8. The van der Waals surface area contributed by atoms with Gasteiger partial charge in [0, 0.05) is 24.2 Å². The third kappa shape index (κ3) is 5.26. The van der Waals surface area contributed by atoms with Gasteiger partial charge in [0.1, 0.15) is 16.6 Å². The van der Waals surface area contributed by atoms with Crippen molar-refractivity contribution < 1.29 is 14.6 Å². The lowest BCUT2D eigenvalue weighted by Gasteiger charge is -2.25. The van der Waals surface area contributed by atoms with Gasteiger partial charge in [0.05, 0.1) is 31.4 Å². The molecule has 0 saturated carbocycles. The molecule has 1 amide bonds. The van der Waals surface area contributed by atoms with Gasteiger partial charge in [-0.2, -0.15) is 0 Å². The normalized spacial score (nSPS) is 15.5. The summed E-state index contributed by atoms with van der Waals surface area (Å²) in [4.78, 5) is 24.1. The number of carbonyl (C=O) groups excluding carboxylic acids is 1. The van der Waals surface area contributed by atoms with Crippen LogP contribution in [0.4, 0.5) is 10.8 Å². The third-order valence-corrected chi connectivity index (χ3v) is 6.19. The van der Waals surface area contributed by atoms with Crippen LogP contribution in [0.3, 0.4) is 0 Å². The van der Waals surface area contributed by atoms with Gasteiger partial charge in [-0.1, -0.05) is 24.3 Å². The van der Waals surface area contributed by atoms with Gasteiger partial charge in [-0.15, -0.1) is 11.3 Å². The molecular weight excluding hydrogens is 414 g/mol. The van der Waals surface area contributed by atoms with Crippen molar-refractivity contribution in [2.75, 3.05) is 31.6 Å². The topological polar surface area (TPSA) is 114 Å². The number of nitrogens with one attached hydrogen (secondary N) is 1. The molecule has 1 aliphatic heterocycles. The number of morpholine rings is 1. The minimum absolute atomic E-state index is 0.410. The van der Waals surface area contributed by atoms with E-state index in [9.17, 15) is 9.90 Å². The highest BCUT2D eigenvalue weighted by atomic mass is 32.1. The second kappa shape index (κ2) is 9.52. The number of primary amides is 1. The summed E-state index contributed by atoms with van der Waals surface area (Å²) in [5.74, 6) is 0.810. The van der Waals surface area contributed by atoms with E-state index in [0.29, 0.717) is 28.8 Å². The van der Waals surface area contributed by atoms with Gasteiger partial charge >= 0.3 is 0 Å². The fourth-order valence-electron chi connectivity index (χ4n) is 3.36. The van der Waals surface area contributed by atoms with Crippen molar-refractivity contribution >= 4 is 28.1 Å². The molecule has 0 spiro atoms. The molecule has 4 N–H and O–H groups in total. The number of aromatic nitrogens is 2. The van der Waals surface area contributed by atoms with E-state index >= 15 is 0 Å². The number of rotatable bonds is 7. The Labute approximate surface area is 184 Å². The number of amides is 1. The number of aliphatic hydroxyl groups excluding tert-OH is 1. The number of anilines is 2. The van der Waals surface area contributed by atoms with Gasteiger partial charge in [0.2, 0.25) is 0 Å². The van der Waals surface area contributed by atoms with Gasteiger partial charge < -0.3 is 20.9 Å². The summed E-state index contributed by atoms with van der Waals surface area (Å²) in [6.07, 6.45) is 1.18. The summed E-state index contributed by atoms with van der Waals surface area (Å²) in [6.45, 7) is 5.52. The van der Waals surface area contributed by atoms with Crippen LogP contribution in [0.2, 0.25) is 0 Å². The van der Waals surface area contributed by atoms with Crippen LogP contribution >= 0.6 is 11.3 Å². The fourth-order valence-corrected chi connectivity index (χ4v) is 4.43. The van der Waals surface area contributed by atoms with Crippen molar-refractivity contribution in [1.29, 1.82) is 0 Å². The molecule has 162 valence electrons. The number of hydrogen-bond donors (Lipinski definition) is 3. The van der Waals surface area contributed by atoms with Gasteiger partial charge in [-0.25, -0.2) is 9.97 Å². The zero-order valence-electron chi connectivity index (χ0n) is 17.2. The van der Waals surface area contributed by atoms with Crippen LogP contribution in [0.5, 0.6) is 0 Å². The van der Waals surface area contributed by atoms with Crippen LogP contribution in [-0.4, -0.2) is 52.2 Å². The van der Waals surface area contributed by atoms with Crippen molar-refractivity contribution in [2.24, 2.45) is 5.73 Å². The van der Waals surface area contributed by atoms with Crippen molar-refractivity contribution in [3.05, 3.63) is 59.5 Å². The van der Waals surface area contributed by atoms with Crippen molar-refractivity contribution in [3.8, 4) is 10.4 Å². The molecule has 2 aromatic heterocycles. The molecule has 1 fully saturated rings. The van der Waals surface area contributed by atoms with Crippen LogP contribution in [0.15, 0.2) is 42.6 Å². The van der Waals surface area contributed by atoms with E-state index in [1.165, 1.54) is 11.3 Å². The second-order valence-corrected chi connectivity index (χ2v) is 8.44. The molecule has 9 heteroatoms. The molecule has 31 heavy (non-hydrogen) atoms. The van der Waals surface area contributed by atoms with E-state index in [4.69, 9.17) is 10.5 Å². The molecular formula is C22H25N5O3S. The van der Waals surface area contributed by atoms with E-state index in [2.05, 4.69) is 20.2 Å². The van der Waals surface area contributed by atoms with Gasteiger partial charge in [-0.05, 0) is 30.2 Å². The van der Waals surface area contributed by atoms with Crippen LogP contribution in [0, 0.1) is 0 Å². The van der Waals surface area contributed by atoms with Gasteiger partial charge in [-0.3, -0.25) is 9.69 Å². The highest BCUT2D eigenvalue weighted by Crippen LogP contribution is 2.37. The quantitative estimate of drug-likeness (QED) is 0.519. The standard InChI is InChI=1S/C22H25N5O3S/c1-14(28)15-2-4-16(5-3-15)18-12-17(21(23)29)22(31-18)26-19-6-7-24-20(25-19)13-27-8-10-30-11-9-27/h2-7,12,14,28H,8-11,13H2,1H3,(H2,23,29)(H,24,25,26)/t14-/m1/s1. The zero-order valence-corrected chi connectivity index (χ0v) is 18.1. The first-order chi connectivity index (χ1) is 15.0. The number of thiophene rings is 1. The fraction of sp³-hybridized carbons (Fsp3) is 0.318. The number of aliphatic hydroxyl groups is 1. The second-order valence-electron chi connectivity index (χ2n) is 7.39. The first-order valence-corrected chi connectivity index (χ1v) is 10.9. The summed E-state index contributed by atoms with van der Waals surface area (Å²) in [5.41, 5.74) is 7.81. The average Bonchev–Trinajstić information content (AvgIpc) is 3.19. The van der Waals surface area contributed by atoms with Crippen molar-refractivity contribution in [3.63, 3.8) is 0 Å². The van der Waals surface area contributed by atoms with Gasteiger partial charge in [0.25, 0.3) is 5.91 Å². The molecule has 3 aromatic rings. The van der Waals surface area contributed by atoms with Crippen LogP contribution in [-0.2, 0) is 11.3 Å². The Morgan fingerprint density at radius 1 is 1.29 bits per heavy atom. The summed E-state index contributed by atoms with van der Waals surface area (Å²) in [5, 5.41) is 13.6. The largest absolute Gasteiger partial charge is 0.389 e. The Kier molecular flexibility index (Phi) is 6.57. The minimum Gasteiger partial charge on any atom is -0.389 e. The molecule has 3 heterocycles. The zero-order chi connectivity index (χ0) is 21.8. The Balaban J connectivity index is 1.55. The molecule has 1 atom stereocenters. The Morgan fingerprint density at radius 2 is 2.03 bits per heavy atom. The molecule has 1 aliphatic rings. The summed E-state index contributed by atoms with van der Waals surface area (Å²) in [7, 11) is 0. The number of nitrogens with zero attached hydrogens (tertiary/aromatic N) is 3. The minimum atomic E-state index is -0.528. The van der Waals surface area contributed by atoms with Crippen LogP contribution in [0.1, 0.15) is 34.8 Å². The predicted octanol–water partition coefficient (Wildman–Crippen LogP) is 2.93. The third-order valence-electron chi connectivity index (χ3n) is 5.09. The highest BCUT2D eigenvalue weighted by molar-refractivity contribution is 7.19. The Hall–Kier alpha value is -2.85. The lowest BCUT2D eigenvalue weighted by atomic mass is 10.1. The molecule has 0 aliphatic carbocycles. The monoisotopic (exact) mass is 439 g/mol. The maximum atomic E-state index is 12.0. The number of nitrogens with two attached hydrogens (primary N) is 1. The highest BCUT2D eigenvalue weighted by Gasteiger charge is 2.17. The van der Waals surface area contributed by atoms with Crippen LogP contribution in [0.25, 0.3) is 10.4 Å².